The number of amides is 1. The first-order chi connectivity index (χ1) is 12.3. The van der Waals surface area contributed by atoms with Gasteiger partial charge in [-0.2, -0.15) is 13.2 Å². The standard InChI is InChI=1S/C19H18F3NO2S/c20-19(21,22)14-5-3-13(4-6-14)12-23(15-7-8-15)18(25)10-9-16(24)17-2-1-11-26-17/h1-6,11,15H,7-10,12H2. The average Bonchev–Trinajstić information content (AvgIpc) is 3.29. The van der Waals surface area contributed by atoms with E-state index in [9.17, 15) is 22.8 Å². The van der Waals surface area contributed by atoms with Gasteiger partial charge in [0.1, 0.15) is 0 Å². The summed E-state index contributed by atoms with van der Waals surface area (Å²) in [7, 11) is 0. The zero-order valence-corrected chi connectivity index (χ0v) is 14.8. The molecule has 26 heavy (non-hydrogen) atoms. The summed E-state index contributed by atoms with van der Waals surface area (Å²) >= 11 is 1.35. The van der Waals surface area contributed by atoms with E-state index in [0.29, 0.717) is 10.4 Å². The van der Waals surface area contributed by atoms with E-state index in [0.717, 1.165) is 25.0 Å². The topological polar surface area (TPSA) is 37.4 Å². The number of rotatable bonds is 7. The third kappa shape index (κ3) is 4.72. The Hall–Kier alpha value is -2.15. The number of nitrogens with zero attached hydrogens (tertiary/aromatic N) is 1. The Morgan fingerprint density at radius 3 is 2.31 bits per heavy atom. The van der Waals surface area contributed by atoms with Gasteiger partial charge in [-0.25, -0.2) is 0 Å². The summed E-state index contributed by atoms with van der Waals surface area (Å²) in [5, 5.41) is 1.82. The van der Waals surface area contributed by atoms with Crippen LogP contribution in [0.1, 0.15) is 46.5 Å². The highest BCUT2D eigenvalue weighted by Crippen LogP contribution is 2.31. The molecular weight excluding hydrogens is 363 g/mol. The van der Waals surface area contributed by atoms with Crippen LogP contribution in [0.2, 0.25) is 0 Å². The van der Waals surface area contributed by atoms with E-state index in [-0.39, 0.29) is 37.1 Å². The first-order valence-corrected chi connectivity index (χ1v) is 9.25. The summed E-state index contributed by atoms with van der Waals surface area (Å²) in [6.45, 7) is 0.273. The van der Waals surface area contributed by atoms with E-state index in [2.05, 4.69) is 0 Å². The Morgan fingerprint density at radius 1 is 1.08 bits per heavy atom. The number of alkyl halides is 3. The summed E-state index contributed by atoms with van der Waals surface area (Å²) in [6.07, 6.45) is -2.31. The van der Waals surface area contributed by atoms with Crippen molar-refractivity contribution >= 4 is 23.0 Å². The molecule has 1 aliphatic rings. The minimum atomic E-state index is -4.37. The number of hydrogen-bond donors (Lipinski definition) is 0. The van der Waals surface area contributed by atoms with Crippen LogP contribution in [0.5, 0.6) is 0 Å². The summed E-state index contributed by atoms with van der Waals surface area (Å²) in [6, 6.07) is 8.53. The van der Waals surface area contributed by atoms with Crippen molar-refractivity contribution in [2.75, 3.05) is 0 Å². The van der Waals surface area contributed by atoms with Crippen molar-refractivity contribution in [2.45, 2.75) is 44.4 Å². The van der Waals surface area contributed by atoms with Crippen LogP contribution in [-0.2, 0) is 17.5 Å². The number of carbonyl (C=O) groups is 2. The van der Waals surface area contributed by atoms with Crippen molar-refractivity contribution in [1.29, 1.82) is 0 Å². The molecule has 0 spiro atoms. The number of hydrogen-bond acceptors (Lipinski definition) is 3. The van der Waals surface area contributed by atoms with Gasteiger partial charge in [-0.3, -0.25) is 9.59 Å². The van der Waals surface area contributed by atoms with E-state index in [1.807, 2.05) is 5.38 Å². The molecule has 1 aliphatic carbocycles. The molecule has 0 atom stereocenters. The maximum Gasteiger partial charge on any atom is 0.416 e. The van der Waals surface area contributed by atoms with Crippen LogP contribution in [0.15, 0.2) is 41.8 Å². The highest BCUT2D eigenvalue weighted by atomic mass is 32.1. The largest absolute Gasteiger partial charge is 0.416 e. The number of thiophene rings is 1. The van der Waals surface area contributed by atoms with E-state index in [4.69, 9.17) is 0 Å². The van der Waals surface area contributed by atoms with Gasteiger partial charge in [0, 0.05) is 25.4 Å². The Bertz CT molecular complexity index is 765. The first-order valence-electron chi connectivity index (χ1n) is 8.37. The summed E-state index contributed by atoms with van der Waals surface area (Å²) in [5.74, 6) is -0.184. The molecule has 0 radical (unpaired) electrons. The lowest BCUT2D eigenvalue weighted by Gasteiger charge is -2.23. The molecule has 3 nitrogen and oxygen atoms in total. The number of benzene rings is 1. The predicted octanol–water partition coefficient (Wildman–Crippen LogP) is 4.92. The van der Waals surface area contributed by atoms with Gasteiger partial charge in [0.05, 0.1) is 10.4 Å². The van der Waals surface area contributed by atoms with Crippen LogP contribution in [0.3, 0.4) is 0 Å². The molecule has 1 fully saturated rings. The van der Waals surface area contributed by atoms with Gasteiger partial charge in [-0.1, -0.05) is 18.2 Å². The molecule has 3 rings (SSSR count). The smallest absolute Gasteiger partial charge is 0.335 e. The molecule has 1 amide bonds. The normalized spacial score (nSPS) is 14.3. The highest BCUT2D eigenvalue weighted by molar-refractivity contribution is 7.12. The Morgan fingerprint density at radius 2 is 1.77 bits per heavy atom. The van der Waals surface area contributed by atoms with Gasteiger partial charge < -0.3 is 4.90 Å². The average molecular weight is 381 g/mol. The summed E-state index contributed by atoms with van der Waals surface area (Å²) in [4.78, 5) is 26.9. The number of Topliss-reactive ketones (excluding diaryl/α,β-unsaturated/α-hetero) is 1. The summed E-state index contributed by atoms with van der Waals surface area (Å²) in [5.41, 5.74) is -0.0464. The van der Waals surface area contributed by atoms with Gasteiger partial charge in [0.25, 0.3) is 0 Å². The minimum absolute atomic E-state index is 0.0568. The fourth-order valence-electron chi connectivity index (χ4n) is 2.73. The number of halogens is 3. The molecule has 2 aromatic rings. The SMILES string of the molecule is O=C(CCC(=O)N(Cc1ccc(C(F)(F)F)cc1)C1CC1)c1cccs1. The first kappa shape index (κ1) is 18.6. The molecule has 1 heterocycles. The second kappa shape index (κ2) is 7.61. The van der Waals surface area contributed by atoms with Crippen LogP contribution in [-0.4, -0.2) is 22.6 Å². The number of ketones is 1. The molecule has 0 aliphatic heterocycles. The fourth-order valence-corrected chi connectivity index (χ4v) is 3.42. The lowest BCUT2D eigenvalue weighted by atomic mass is 10.1. The van der Waals surface area contributed by atoms with E-state index in [1.54, 1.807) is 17.0 Å². The molecule has 0 bridgehead atoms. The van der Waals surface area contributed by atoms with Crippen LogP contribution in [0, 0.1) is 0 Å². The van der Waals surface area contributed by atoms with Crippen molar-refractivity contribution in [1.82, 2.24) is 4.90 Å². The maximum absolute atomic E-state index is 12.6. The molecule has 1 aromatic heterocycles. The zero-order chi connectivity index (χ0) is 18.7. The quantitative estimate of drug-likeness (QED) is 0.639. The van der Waals surface area contributed by atoms with E-state index in [1.165, 1.54) is 23.5 Å². The molecule has 7 heteroatoms. The van der Waals surface area contributed by atoms with Crippen LogP contribution in [0.25, 0.3) is 0 Å². The van der Waals surface area contributed by atoms with Crippen molar-refractivity contribution in [3.05, 3.63) is 57.8 Å². The molecule has 0 saturated heterocycles. The molecule has 1 aromatic carbocycles. The van der Waals surface area contributed by atoms with Crippen LogP contribution in [0.4, 0.5) is 13.2 Å². The minimum Gasteiger partial charge on any atom is -0.335 e. The second-order valence-electron chi connectivity index (χ2n) is 6.35. The van der Waals surface area contributed by atoms with Gasteiger partial charge in [-0.15, -0.1) is 11.3 Å². The fraction of sp³-hybridized carbons (Fsp3) is 0.368. The number of carbonyl (C=O) groups excluding carboxylic acids is 2. The van der Waals surface area contributed by atoms with Crippen molar-refractivity contribution in [3.8, 4) is 0 Å². The third-order valence-corrected chi connectivity index (χ3v) is 5.22. The van der Waals surface area contributed by atoms with Gasteiger partial charge in [0.15, 0.2) is 5.78 Å². The summed E-state index contributed by atoms with van der Waals surface area (Å²) < 4.78 is 37.9. The van der Waals surface area contributed by atoms with Gasteiger partial charge in [-0.05, 0) is 42.0 Å². The highest BCUT2D eigenvalue weighted by Gasteiger charge is 2.33. The van der Waals surface area contributed by atoms with Gasteiger partial charge in [0.2, 0.25) is 5.91 Å². The van der Waals surface area contributed by atoms with E-state index < -0.39 is 11.7 Å². The monoisotopic (exact) mass is 381 g/mol. The Balaban J connectivity index is 1.60. The van der Waals surface area contributed by atoms with E-state index >= 15 is 0 Å². The molecule has 138 valence electrons. The Kier molecular flexibility index (Phi) is 5.46. The van der Waals surface area contributed by atoms with Crippen molar-refractivity contribution < 1.29 is 22.8 Å². The predicted molar refractivity (Wildman–Crippen MR) is 92.9 cm³/mol. The maximum atomic E-state index is 12.6. The lowest BCUT2D eigenvalue weighted by molar-refractivity contribution is -0.137. The molecular formula is C19H18F3NO2S. The third-order valence-electron chi connectivity index (χ3n) is 4.30. The van der Waals surface area contributed by atoms with Gasteiger partial charge >= 0.3 is 6.18 Å². The van der Waals surface area contributed by atoms with Crippen molar-refractivity contribution in [3.63, 3.8) is 0 Å². The van der Waals surface area contributed by atoms with Crippen LogP contribution < -0.4 is 0 Å². The molecule has 0 N–H and O–H groups in total. The molecule has 0 unspecified atom stereocenters. The lowest BCUT2D eigenvalue weighted by Crippen LogP contribution is -2.32. The molecule has 1 saturated carbocycles. The second-order valence-corrected chi connectivity index (χ2v) is 7.30. The van der Waals surface area contributed by atoms with Crippen LogP contribution >= 0.6 is 11.3 Å². The Labute approximate surface area is 153 Å². The zero-order valence-electron chi connectivity index (χ0n) is 14.0. The van der Waals surface area contributed by atoms with Crippen molar-refractivity contribution in [2.24, 2.45) is 0 Å².